The van der Waals surface area contributed by atoms with Crippen LogP contribution in [-0.2, 0) is 0 Å². The quantitative estimate of drug-likeness (QED) is 0.357. The van der Waals surface area contributed by atoms with Gasteiger partial charge in [0.25, 0.3) is 5.69 Å². The van der Waals surface area contributed by atoms with Crippen LogP contribution in [0.5, 0.6) is 11.6 Å². The van der Waals surface area contributed by atoms with Gasteiger partial charge in [-0.1, -0.05) is 48.5 Å². The monoisotopic (exact) mass is 342 g/mol. The number of fused-ring (bicyclic) bond motifs is 1. The van der Waals surface area contributed by atoms with Crippen molar-refractivity contribution < 1.29 is 9.66 Å². The number of nitro benzene ring substituents is 1. The Morgan fingerprint density at radius 3 is 2.27 bits per heavy atom. The van der Waals surface area contributed by atoms with Crippen molar-refractivity contribution in [3.63, 3.8) is 0 Å². The van der Waals surface area contributed by atoms with Crippen molar-refractivity contribution in [2.45, 2.75) is 0 Å². The Morgan fingerprint density at radius 1 is 0.846 bits per heavy atom. The third-order valence-corrected chi connectivity index (χ3v) is 4.04. The van der Waals surface area contributed by atoms with E-state index in [1.807, 2.05) is 60.7 Å². The second-order valence-electron chi connectivity index (χ2n) is 5.75. The number of rotatable bonds is 4. The smallest absolute Gasteiger partial charge is 0.269 e. The van der Waals surface area contributed by atoms with Crippen molar-refractivity contribution in [3.8, 4) is 22.8 Å². The molecule has 0 unspecified atom stereocenters. The third kappa shape index (κ3) is 3.10. The van der Waals surface area contributed by atoms with Crippen molar-refractivity contribution in [2.24, 2.45) is 0 Å². The van der Waals surface area contributed by atoms with Gasteiger partial charge in [0.15, 0.2) is 0 Å². The molecule has 3 aromatic carbocycles. The Hall–Kier alpha value is -3.73. The first-order chi connectivity index (χ1) is 12.7. The average Bonchev–Trinajstić information content (AvgIpc) is 2.68. The molecule has 0 radical (unpaired) electrons. The van der Waals surface area contributed by atoms with Crippen molar-refractivity contribution in [2.75, 3.05) is 0 Å². The maximum absolute atomic E-state index is 10.8. The van der Waals surface area contributed by atoms with Gasteiger partial charge < -0.3 is 4.74 Å². The summed E-state index contributed by atoms with van der Waals surface area (Å²) in [5, 5.41) is 11.8. The molecule has 0 atom stereocenters. The van der Waals surface area contributed by atoms with E-state index in [1.54, 1.807) is 12.1 Å². The van der Waals surface area contributed by atoms with Gasteiger partial charge in [-0.3, -0.25) is 10.1 Å². The summed E-state index contributed by atoms with van der Waals surface area (Å²) in [6, 6.07) is 25.7. The second kappa shape index (κ2) is 6.64. The topological polar surface area (TPSA) is 65.3 Å². The standard InChI is InChI=1S/C21H14N2O3/c24-23(25)17-10-12-18(13-11-17)26-21-19(15-6-2-1-3-7-15)14-16-8-4-5-9-20(16)22-21/h1-14H. The van der Waals surface area contributed by atoms with Gasteiger partial charge in [0, 0.05) is 23.1 Å². The Balaban J connectivity index is 1.80. The highest BCUT2D eigenvalue weighted by atomic mass is 16.6. The Labute approximate surface area is 149 Å². The predicted molar refractivity (Wildman–Crippen MR) is 100 cm³/mol. The van der Waals surface area contributed by atoms with Crippen molar-refractivity contribution in [3.05, 3.63) is 95.0 Å². The molecule has 0 saturated carbocycles. The van der Waals surface area contributed by atoms with Crippen LogP contribution in [-0.4, -0.2) is 9.91 Å². The lowest BCUT2D eigenvalue weighted by molar-refractivity contribution is -0.384. The molecule has 0 amide bonds. The molecule has 5 nitrogen and oxygen atoms in total. The normalized spacial score (nSPS) is 10.6. The van der Waals surface area contributed by atoms with Gasteiger partial charge in [0.05, 0.1) is 10.4 Å². The van der Waals surface area contributed by atoms with E-state index in [2.05, 4.69) is 4.98 Å². The summed E-state index contributed by atoms with van der Waals surface area (Å²) in [7, 11) is 0. The molecular formula is C21H14N2O3. The summed E-state index contributed by atoms with van der Waals surface area (Å²) in [4.78, 5) is 15.0. The van der Waals surface area contributed by atoms with Crippen molar-refractivity contribution in [1.29, 1.82) is 0 Å². The van der Waals surface area contributed by atoms with Gasteiger partial charge in [-0.2, -0.15) is 0 Å². The second-order valence-corrected chi connectivity index (χ2v) is 5.75. The molecule has 1 heterocycles. The van der Waals surface area contributed by atoms with Gasteiger partial charge in [-0.25, -0.2) is 4.98 Å². The summed E-state index contributed by atoms with van der Waals surface area (Å²) in [5.41, 5.74) is 2.70. The molecule has 0 spiro atoms. The molecule has 126 valence electrons. The fourth-order valence-corrected chi connectivity index (χ4v) is 2.75. The number of nitro groups is 1. The van der Waals surface area contributed by atoms with Gasteiger partial charge in [-0.05, 0) is 29.8 Å². The predicted octanol–water partition coefficient (Wildman–Crippen LogP) is 5.60. The fourth-order valence-electron chi connectivity index (χ4n) is 2.75. The van der Waals surface area contributed by atoms with Crippen molar-refractivity contribution >= 4 is 16.6 Å². The number of hydrogen-bond acceptors (Lipinski definition) is 4. The number of pyridine rings is 1. The first-order valence-electron chi connectivity index (χ1n) is 8.08. The van der Waals surface area contributed by atoms with E-state index in [0.717, 1.165) is 22.0 Å². The molecule has 0 fully saturated rings. The summed E-state index contributed by atoms with van der Waals surface area (Å²) in [6.45, 7) is 0. The van der Waals surface area contributed by atoms with Gasteiger partial charge in [-0.15, -0.1) is 0 Å². The lowest BCUT2D eigenvalue weighted by Crippen LogP contribution is -1.94. The van der Waals surface area contributed by atoms with Crippen LogP contribution in [0.1, 0.15) is 0 Å². The molecule has 0 aliphatic heterocycles. The minimum atomic E-state index is -0.437. The Bertz CT molecular complexity index is 1080. The summed E-state index contributed by atoms with van der Waals surface area (Å²) < 4.78 is 5.97. The molecule has 26 heavy (non-hydrogen) atoms. The molecule has 1 aromatic heterocycles. The molecule has 5 heteroatoms. The van der Waals surface area contributed by atoms with Gasteiger partial charge >= 0.3 is 0 Å². The fraction of sp³-hybridized carbons (Fsp3) is 0. The Kier molecular flexibility index (Phi) is 4.03. The number of non-ortho nitro benzene ring substituents is 1. The van der Waals surface area contributed by atoms with Crippen LogP contribution in [0.2, 0.25) is 0 Å². The van der Waals surface area contributed by atoms with Crippen LogP contribution in [0.15, 0.2) is 84.9 Å². The number of aromatic nitrogens is 1. The highest BCUT2D eigenvalue weighted by Crippen LogP contribution is 2.34. The van der Waals surface area contributed by atoms with Crippen LogP contribution in [0.4, 0.5) is 5.69 Å². The maximum atomic E-state index is 10.8. The Morgan fingerprint density at radius 2 is 1.54 bits per heavy atom. The first kappa shape index (κ1) is 15.8. The molecule has 4 aromatic rings. The zero-order chi connectivity index (χ0) is 17.9. The highest BCUT2D eigenvalue weighted by molar-refractivity contribution is 5.86. The van der Waals surface area contributed by atoms with Crippen LogP contribution < -0.4 is 4.74 Å². The largest absolute Gasteiger partial charge is 0.438 e. The number of hydrogen-bond donors (Lipinski definition) is 0. The SMILES string of the molecule is O=[N+]([O-])c1ccc(Oc2nc3ccccc3cc2-c2ccccc2)cc1. The minimum Gasteiger partial charge on any atom is -0.438 e. The number of ether oxygens (including phenoxy) is 1. The summed E-state index contributed by atoms with van der Waals surface area (Å²) in [5.74, 6) is 0.958. The number of nitrogens with zero attached hydrogens (tertiary/aromatic N) is 2. The van der Waals surface area contributed by atoms with E-state index in [0.29, 0.717) is 11.6 Å². The van der Waals surface area contributed by atoms with Gasteiger partial charge in [0.1, 0.15) is 5.75 Å². The van der Waals surface area contributed by atoms with E-state index >= 15 is 0 Å². The zero-order valence-corrected chi connectivity index (χ0v) is 13.7. The molecule has 0 bridgehead atoms. The third-order valence-electron chi connectivity index (χ3n) is 4.04. The summed E-state index contributed by atoms with van der Waals surface area (Å²) in [6.07, 6.45) is 0. The van der Waals surface area contributed by atoms with Gasteiger partial charge in [0.2, 0.25) is 5.88 Å². The average molecular weight is 342 g/mol. The molecule has 0 aliphatic rings. The van der Waals surface area contributed by atoms with Crippen LogP contribution >= 0.6 is 0 Å². The molecule has 0 aliphatic carbocycles. The van der Waals surface area contributed by atoms with Crippen LogP contribution in [0, 0.1) is 10.1 Å². The lowest BCUT2D eigenvalue weighted by atomic mass is 10.0. The van der Waals surface area contributed by atoms with Crippen molar-refractivity contribution in [1.82, 2.24) is 4.98 Å². The zero-order valence-electron chi connectivity index (χ0n) is 13.7. The molecule has 0 N–H and O–H groups in total. The van der Waals surface area contributed by atoms with Crippen LogP contribution in [0.25, 0.3) is 22.0 Å². The lowest BCUT2D eigenvalue weighted by Gasteiger charge is -2.12. The molecular weight excluding hydrogens is 328 g/mol. The summed E-state index contributed by atoms with van der Waals surface area (Å²) >= 11 is 0. The first-order valence-corrected chi connectivity index (χ1v) is 8.08. The molecule has 0 saturated heterocycles. The van der Waals surface area contributed by atoms with E-state index in [1.165, 1.54) is 12.1 Å². The van der Waals surface area contributed by atoms with E-state index < -0.39 is 4.92 Å². The van der Waals surface area contributed by atoms with Crippen LogP contribution in [0.3, 0.4) is 0 Å². The minimum absolute atomic E-state index is 0.0205. The molecule has 4 rings (SSSR count). The van der Waals surface area contributed by atoms with E-state index in [-0.39, 0.29) is 5.69 Å². The number of para-hydroxylation sites is 1. The highest BCUT2D eigenvalue weighted by Gasteiger charge is 2.12. The van der Waals surface area contributed by atoms with E-state index in [9.17, 15) is 10.1 Å². The van der Waals surface area contributed by atoms with E-state index in [4.69, 9.17) is 4.74 Å². The number of benzene rings is 3. The maximum Gasteiger partial charge on any atom is 0.269 e.